The summed E-state index contributed by atoms with van der Waals surface area (Å²) in [7, 11) is -3.45. The summed E-state index contributed by atoms with van der Waals surface area (Å²) in [6.07, 6.45) is 4.40. The Kier molecular flexibility index (Phi) is 2.87. The number of sulfonamides is 1. The monoisotopic (exact) mass is 279 g/mol. The van der Waals surface area contributed by atoms with Crippen LogP contribution in [0.15, 0.2) is 34.2 Å². The maximum absolute atomic E-state index is 12.5. The van der Waals surface area contributed by atoms with E-state index in [4.69, 9.17) is 5.73 Å². The number of aliphatic imine (C=N–C) groups is 1. The van der Waals surface area contributed by atoms with E-state index in [1.54, 1.807) is 24.3 Å². The van der Waals surface area contributed by atoms with Gasteiger partial charge in [0.25, 0.3) is 10.0 Å². The molecule has 6 heteroatoms. The van der Waals surface area contributed by atoms with Crippen molar-refractivity contribution in [3.8, 4) is 0 Å². The van der Waals surface area contributed by atoms with Crippen molar-refractivity contribution in [2.24, 2.45) is 16.1 Å². The molecule has 1 aromatic carbocycles. The smallest absolute Gasteiger partial charge is 0.267 e. The van der Waals surface area contributed by atoms with Crippen molar-refractivity contribution in [1.82, 2.24) is 4.31 Å². The molecule has 0 amide bonds. The Morgan fingerprint density at radius 1 is 1.32 bits per heavy atom. The summed E-state index contributed by atoms with van der Waals surface area (Å²) in [6, 6.07) is 6.84. The van der Waals surface area contributed by atoms with Crippen molar-refractivity contribution in [3.05, 3.63) is 24.3 Å². The molecule has 3 rings (SSSR count). The van der Waals surface area contributed by atoms with Gasteiger partial charge in [-0.1, -0.05) is 12.1 Å². The summed E-state index contributed by atoms with van der Waals surface area (Å²) < 4.78 is 26.4. The lowest BCUT2D eigenvalue weighted by molar-refractivity contribution is 0.391. The van der Waals surface area contributed by atoms with E-state index in [2.05, 4.69) is 4.99 Å². The lowest BCUT2D eigenvalue weighted by Gasteiger charge is -2.27. The van der Waals surface area contributed by atoms with Crippen LogP contribution >= 0.6 is 0 Å². The predicted molar refractivity (Wildman–Crippen MR) is 73.8 cm³/mol. The second kappa shape index (κ2) is 4.31. The Morgan fingerprint density at radius 2 is 2.05 bits per heavy atom. The zero-order chi connectivity index (χ0) is 13.5. The van der Waals surface area contributed by atoms with Crippen molar-refractivity contribution in [2.45, 2.75) is 24.2 Å². The summed E-state index contributed by atoms with van der Waals surface area (Å²) in [6.45, 7) is 1.09. The molecular formula is C13H17N3O2S. The summed E-state index contributed by atoms with van der Waals surface area (Å²) in [5.74, 6) is 0. The minimum absolute atomic E-state index is 0.0696. The van der Waals surface area contributed by atoms with Crippen LogP contribution in [0.2, 0.25) is 0 Å². The fourth-order valence-corrected chi connectivity index (χ4v) is 4.03. The third-order valence-corrected chi connectivity index (χ3v) is 5.64. The van der Waals surface area contributed by atoms with Crippen LogP contribution in [0.4, 0.5) is 5.69 Å². The molecule has 0 spiro atoms. The SMILES string of the molecule is NCCC1(CN2C=Nc3ccccc3S2(=O)=O)CC1. The molecule has 0 unspecified atom stereocenters. The Bertz CT molecular complexity index is 621. The minimum atomic E-state index is -3.45. The summed E-state index contributed by atoms with van der Waals surface area (Å²) in [5, 5.41) is 0. The number of nitrogens with two attached hydrogens (primary N) is 1. The fraction of sp³-hybridized carbons (Fsp3) is 0.462. The first-order valence-electron chi connectivity index (χ1n) is 6.43. The van der Waals surface area contributed by atoms with Gasteiger partial charge in [0.05, 0.1) is 5.69 Å². The molecule has 1 aromatic rings. The summed E-state index contributed by atoms with van der Waals surface area (Å²) in [5.41, 5.74) is 6.19. The van der Waals surface area contributed by atoms with Crippen LogP contribution in [0.25, 0.3) is 0 Å². The lowest BCUT2D eigenvalue weighted by atomic mass is 10.0. The Labute approximate surface area is 113 Å². The topological polar surface area (TPSA) is 75.8 Å². The van der Waals surface area contributed by atoms with E-state index in [-0.39, 0.29) is 5.41 Å². The minimum Gasteiger partial charge on any atom is -0.330 e. The Balaban J connectivity index is 1.90. The first kappa shape index (κ1) is 12.6. The highest BCUT2D eigenvalue weighted by molar-refractivity contribution is 7.89. The highest BCUT2D eigenvalue weighted by Crippen LogP contribution is 2.49. The maximum Gasteiger partial charge on any atom is 0.267 e. The molecule has 19 heavy (non-hydrogen) atoms. The predicted octanol–water partition coefficient (Wildman–Crippen LogP) is 1.48. The van der Waals surface area contributed by atoms with E-state index in [0.717, 1.165) is 19.3 Å². The van der Waals surface area contributed by atoms with Crippen LogP contribution in [0.5, 0.6) is 0 Å². The van der Waals surface area contributed by atoms with Crippen LogP contribution in [-0.4, -0.2) is 32.2 Å². The number of rotatable bonds is 4. The van der Waals surface area contributed by atoms with Gasteiger partial charge in [-0.25, -0.2) is 13.4 Å². The molecule has 0 radical (unpaired) electrons. The number of hydrogen-bond acceptors (Lipinski definition) is 4. The molecule has 0 bridgehead atoms. The fourth-order valence-electron chi connectivity index (χ4n) is 2.52. The van der Waals surface area contributed by atoms with E-state index in [9.17, 15) is 8.42 Å². The van der Waals surface area contributed by atoms with Crippen LogP contribution in [0.1, 0.15) is 19.3 Å². The Morgan fingerprint density at radius 3 is 2.74 bits per heavy atom. The highest BCUT2D eigenvalue weighted by Gasteiger charge is 2.45. The van der Waals surface area contributed by atoms with Gasteiger partial charge in [0.15, 0.2) is 0 Å². The molecule has 1 aliphatic heterocycles. The molecule has 2 N–H and O–H groups in total. The van der Waals surface area contributed by atoms with E-state index < -0.39 is 10.0 Å². The van der Waals surface area contributed by atoms with E-state index in [0.29, 0.717) is 23.7 Å². The Hall–Kier alpha value is -1.40. The van der Waals surface area contributed by atoms with E-state index >= 15 is 0 Å². The summed E-state index contributed by atoms with van der Waals surface area (Å²) >= 11 is 0. The number of fused-ring (bicyclic) bond motifs is 1. The first-order valence-corrected chi connectivity index (χ1v) is 7.87. The zero-order valence-corrected chi connectivity index (χ0v) is 11.4. The van der Waals surface area contributed by atoms with E-state index in [1.807, 2.05) is 0 Å². The highest BCUT2D eigenvalue weighted by atomic mass is 32.2. The second-order valence-electron chi connectivity index (χ2n) is 5.30. The van der Waals surface area contributed by atoms with Gasteiger partial charge in [-0.3, -0.25) is 4.31 Å². The first-order chi connectivity index (χ1) is 9.07. The third kappa shape index (κ3) is 2.15. The lowest BCUT2D eigenvalue weighted by Crippen LogP contribution is -2.37. The largest absolute Gasteiger partial charge is 0.330 e. The average molecular weight is 279 g/mol. The molecule has 1 saturated carbocycles. The van der Waals surface area contributed by atoms with Gasteiger partial charge in [0.2, 0.25) is 0 Å². The molecule has 102 valence electrons. The van der Waals surface area contributed by atoms with Gasteiger partial charge in [0, 0.05) is 6.54 Å². The van der Waals surface area contributed by atoms with Gasteiger partial charge >= 0.3 is 0 Å². The molecule has 1 heterocycles. The van der Waals surface area contributed by atoms with Gasteiger partial charge in [-0.2, -0.15) is 0 Å². The van der Waals surface area contributed by atoms with Crippen molar-refractivity contribution >= 4 is 22.0 Å². The molecule has 0 aromatic heterocycles. The van der Waals surface area contributed by atoms with E-state index in [1.165, 1.54) is 10.6 Å². The zero-order valence-electron chi connectivity index (χ0n) is 10.6. The van der Waals surface area contributed by atoms with Gasteiger partial charge < -0.3 is 5.73 Å². The quantitative estimate of drug-likeness (QED) is 0.907. The normalized spacial score (nSPS) is 22.1. The van der Waals surface area contributed by atoms with Crippen molar-refractivity contribution in [3.63, 3.8) is 0 Å². The molecule has 1 fully saturated rings. The van der Waals surface area contributed by atoms with Gasteiger partial charge in [-0.05, 0) is 43.4 Å². The molecule has 0 atom stereocenters. The standard InChI is InChI=1S/C13H17N3O2S/c14-8-7-13(5-6-13)9-16-10-15-11-3-1-2-4-12(11)19(16,17)18/h1-4,10H,5-9,14H2. The molecule has 5 nitrogen and oxygen atoms in total. The number of benzene rings is 1. The van der Waals surface area contributed by atoms with Crippen molar-refractivity contribution in [2.75, 3.05) is 13.1 Å². The van der Waals surface area contributed by atoms with Gasteiger partial charge in [0.1, 0.15) is 11.2 Å². The van der Waals surface area contributed by atoms with Crippen LogP contribution in [-0.2, 0) is 10.0 Å². The number of nitrogens with zero attached hydrogens (tertiary/aromatic N) is 2. The summed E-state index contributed by atoms with van der Waals surface area (Å²) in [4.78, 5) is 4.53. The maximum atomic E-state index is 12.5. The molecule has 2 aliphatic rings. The van der Waals surface area contributed by atoms with Crippen LogP contribution in [0, 0.1) is 5.41 Å². The van der Waals surface area contributed by atoms with Crippen molar-refractivity contribution < 1.29 is 8.42 Å². The third-order valence-electron chi connectivity index (χ3n) is 3.90. The second-order valence-corrected chi connectivity index (χ2v) is 7.16. The number of hydrogen-bond donors (Lipinski definition) is 1. The molecular weight excluding hydrogens is 262 g/mol. The van der Waals surface area contributed by atoms with Crippen LogP contribution < -0.4 is 5.73 Å². The molecule has 1 aliphatic carbocycles. The number of para-hydroxylation sites is 1. The van der Waals surface area contributed by atoms with Crippen molar-refractivity contribution in [1.29, 1.82) is 0 Å². The van der Waals surface area contributed by atoms with Gasteiger partial charge in [-0.15, -0.1) is 0 Å². The molecule has 0 saturated heterocycles. The van der Waals surface area contributed by atoms with Crippen LogP contribution in [0.3, 0.4) is 0 Å². The average Bonchev–Trinajstić information content (AvgIpc) is 3.14.